The van der Waals surface area contributed by atoms with Crippen molar-refractivity contribution in [1.82, 2.24) is 0 Å². The minimum atomic E-state index is -3.63. The predicted octanol–water partition coefficient (Wildman–Crippen LogP) is 0.914. The highest BCUT2D eigenvalue weighted by atomic mass is 32.2. The fourth-order valence-electron chi connectivity index (χ4n) is 1.99. The van der Waals surface area contributed by atoms with E-state index in [1.807, 2.05) is 0 Å². The topological polar surface area (TPSA) is 66.8 Å². The third-order valence-electron chi connectivity index (χ3n) is 2.68. The quantitative estimate of drug-likeness (QED) is 0.672. The number of carbonyl (C=O) groups is 1. The molecule has 2 aliphatic rings. The smallest absolute Gasteiger partial charge is 0.274 e. The number of rotatable bonds is 0. The van der Waals surface area contributed by atoms with Crippen LogP contribution >= 0.6 is 0 Å². The molecule has 0 spiro atoms. The van der Waals surface area contributed by atoms with E-state index >= 15 is 0 Å². The molecule has 16 heavy (non-hydrogen) atoms. The lowest BCUT2D eigenvalue weighted by molar-refractivity contribution is -0.116. The third kappa shape index (κ3) is 1.13. The second-order valence-electron chi connectivity index (χ2n) is 3.68. The molecule has 0 atom stereocenters. The summed E-state index contributed by atoms with van der Waals surface area (Å²) < 4.78 is 27.3. The van der Waals surface area contributed by atoms with Gasteiger partial charge < -0.3 is 0 Å². The fraction of sp³-hybridized carbons (Fsp3) is 0.200. The summed E-state index contributed by atoms with van der Waals surface area (Å²) in [6.07, 6.45) is 0.717. The Morgan fingerprint density at radius 1 is 1.19 bits per heavy atom. The van der Waals surface area contributed by atoms with Gasteiger partial charge in [0.1, 0.15) is 10.7 Å². The molecule has 0 aliphatic carbocycles. The van der Waals surface area contributed by atoms with Crippen molar-refractivity contribution in [3.05, 3.63) is 24.3 Å². The van der Waals surface area contributed by atoms with Crippen molar-refractivity contribution in [2.75, 3.05) is 4.90 Å². The Hall–Kier alpha value is -1.69. The summed E-state index contributed by atoms with van der Waals surface area (Å²) in [4.78, 5) is 13.1. The van der Waals surface area contributed by atoms with E-state index in [-0.39, 0.29) is 10.8 Å². The summed E-state index contributed by atoms with van der Waals surface area (Å²) in [5.41, 5.74) is 0.426. The molecule has 1 saturated heterocycles. The monoisotopic (exact) mass is 236 g/mol. The molecule has 1 aromatic carbocycles. The summed E-state index contributed by atoms with van der Waals surface area (Å²) >= 11 is 0. The summed E-state index contributed by atoms with van der Waals surface area (Å²) in [7, 11) is -3.63. The van der Waals surface area contributed by atoms with Crippen molar-refractivity contribution in [2.24, 2.45) is 4.40 Å². The minimum absolute atomic E-state index is 0.0962. The van der Waals surface area contributed by atoms with Crippen LogP contribution in [0.2, 0.25) is 0 Å². The SMILES string of the molecule is O=C1CCC2=NS(=O)(=O)c3ccccc3N12. The van der Waals surface area contributed by atoms with E-state index in [1.54, 1.807) is 18.2 Å². The Morgan fingerprint density at radius 2 is 1.94 bits per heavy atom. The van der Waals surface area contributed by atoms with Gasteiger partial charge in [-0.3, -0.25) is 9.69 Å². The molecule has 2 aliphatic heterocycles. The van der Waals surface area contributed by atoms with Gasteiger partial charge in [0.25, 0.3) is 10.0 Å². The second-order valence-corrected chi connectivity index (χ2v) is 5.25. The molecule has 0 saturated carbocycles. The first kappa shape index (κ1) is 9.53. The number of benzene rings is 1. The van der Waals surface area contributed by atoms with E-state index < -0.39 is 10.0 Å². The first-order valence-corrected chi connectivity index (χ1v) is 6.29. The average molecular weight is 236 g/mol. The van der Waals surface area contributed by atoms with Crippen molar-refractivity contribution in [1.29, 1.82) is 0 Å². The van der Waals surface area contributed by atoms with Crippen LogP contribution in [-0.2, 0) is 14.8 Å². The maximum atomic E-state index is 11.8. The molecular formula is C10H8N2O3S. The lowest BCUT2D eigenvalue weighted by atomic mass is 10.3. The van der Waals surface area contributed by atoms with Gasteiger partial charge in [-0.25, -0.2) is 0 Å². The molecule has 82 valence electrons. The maximum Gasteiger partial charge on any atom is 0.286 e. The zero-order valence-corrected chi connectivity index (χ0v) is 9.07. The Labute approximate surface area is 92.5 Å². The van der Waals surface area contributed by atoms with E-state index in [2.05, 4.69) is 4.40 Å². The van der Waals surface area contributed by atoms with E-state index in [0.717, 1.165) is 0 Å². The van der Waals surface area contributed by atoms with Crippen LogP contribution in [0.1, 0.15) is 12.8 Å². The van der Waals surface area contributed by atoms with Crippen LogP contribution in [-0.4, -0.2) is 20.2 Å². The lowest BCUT2D eigenvalue weighted by Gasteiger charge is -2.23. The van der Waals surface area contributed by atoms with Crippen LogP contribution in [0.25, 0.3) is 0 Å². The third-order valence-corrected chi connectivity index (χ3v) is 4.03. The molecule has 3 rings (SSSR count). The number of amidine groups is 1. The summed E-state index contributed by atoms with van der Waals surface area (Å²) in [6, 6.07) is 6.43. The summed E-state index contributed by atoms with van der Waals surface area (Å²) in [5, 5.41) is 0. The van der Waals surface area contributed by atoms with Gasteiger partial charge in [0, 0.05) is 12.8 Å². The highest BCUT2D eigenvalue weighted by Crippen LogP contribution is 2.35. The molecule has 0 bridgehead atoms. The van der Waals surface area contributed by atoms with Crippen molar-refractivity contribution in [2.45, 2.75) is 17.7 Å². The van der Waals surface area contributed by atoms with Gasteiger partial charge in [-0.2, -0.15) is 8.42 Å². The summed E-state index contributed by atoms with van der Waals surface area (Å²) in [5.74, 6) is 0.241. The Morgan fingerprint density at radius 3 is 2.75 bits per heavy atom. The van der Waals surface area contributed by atoms with Crippen molar-refractivity contribution < 1.29 is 13.2 Å². The molecule has 1 amide bonds. The van der Waals surface area contributed by atoms with Crippen molar-refractivity contribution >= 4 is 27.5 Å². The number of nitrogens with zero attached hydrogens (tertiary/aromatic N) is 2. The van der Waals surface area contributed by atoms with Crippen LogP contribution < -0.4 is 4.90 Å². The van der Waals surface area contributed by atoms with Gasteiger partial charge in [0.15, 0.2) is 0 Å². The molecule has 2 heterocycles. The fourth-order valence-corrected chi connectivity index (χ4v) is 3.22. The van der Waals surface area contributed by atoms with Gasteiger partial charge in [0.2, 0.25) is 5.91 Å². The first-order valence-electron chi connectivity index (χ1n) is 4.85. The van der Waals surface area contributed by atoms with Crippen LogP contribution in [0.4, 0.5) is 5.69 Å². The molecule has 5 nitrogen and oxygen atoms in total. The van der Waals surface area contributed by atoms with Crippen molar-refractivity contribution in [3.8, 4) is 0 Å². The summed E-state index contributed by atoms with van der Waals surface area (Å²) in [6.45, 7) is 0. The molecule has 0 N–H and O–H groups in total. The number of anilines is 1. The van der Waals surface area contributed by atoms with E-state index in [4.69, 9.17) is 0 Å². The highest BCUT2D eigenvalue weighted by molar-refractivity contribution is 7.90. The number of para-hydroxylation sites is 1. The largest absolute Gasteiger partial charge is 0.286 e. The normalized spacial score (nSPS) is 21.4. The Balaban J connectivity index is 2.34. The minimum Gasteiger partial charge on any atom is -0.274 e. The van der Waals surface area contributed by atoms with Gasteiger partial charge in [-0.05, 0) is 12.1 Å². The molecule has 0 unspecified atom stereocenters. The van der Waals surface area contributed by atoms with E-state index in [1.165, 1.54) is 11.0 Å². The van der Waals surface area contributed by atoms with Gasteiger partial charge in [0.05, 0.1) is 5.69 Å². The number of amides is 1. The number of carbonyl (C=O) groups excluding carboxylic acids is 1. The Kier molecular flexibility index (Phi) is 1.74. The maximum absolute atomic E-state index is 11.8. The number of sulfonamides is 1. The molecule has 0 aromatic heterocycles. The molecular weight excluding hydrogens is 228 g/mol. The first-order chi connectivity index (χ1) is 7.59. The highest BCUT2D eigenvalue weighted by Gasteiger charge is 2.37. The van der Waals surface area contributed by atoms with Gasteiger partial charge in [-0.15, -0.1) is 4.40 Å². The van der Waals surface area contributed by atoms with Crippen LogP contribution in [0.5, 0.6) is 0 Å². The second kappa shape index (κ2) is 2.91. The van der Waals surface area contributed by atoms with Gasteiger partial charge in [-0.1, -0.05) is 12.1 Å². The lowest BCUT2D eigenvalue weighted by Crippen LogP contribution is -2.33. The van der Waals surface area contributed by atoms with Crippen LogP contribution in [0, 0.1) is 0 Å². The zero-order chi connectivity index (χ0) is 11.3. The molecule has 6 heteroatoms. The molecule has 1 aromatic rings. The van der Waals surface area contributed by atoms with Crippen molar-refractivity contribution in [3.63, 3.8) is 0 Å². The zero-order valence-electron chi connectivity index (χ0n) is 8.25. The number of hydrogen-bond donors (Lipinski definition) is 0. The average Bonchev–Trinajstić information content (AvgIpc) is 2.59. The van der Waals surface area contributed by atoms with Crippen LogP contribution in [0.15, 0.2) is 33.6 Å². The molecule has 1 fully saturated rings. The van der Waals surface area contributed by atoms with Crippen LogP contribution in [0.3, 0.4) is 0 Å². The number of fused-ring (bicyclic) bond motifs is 3. The number of hydrogen-bond acceptors (Lipinski definition) is 3. The molecule has 0 radical (unpaired) electrons. The van der Waals surface area contributed by atoms with Gasteiger partial charge >= 0.3 is 0 Å². The standard InChI is InChI=1S/C10H8N2O3S/c13-10-6-5-9-11-16(14,15)8-4-2-1-3-7(8)12(9)10/h1-4H,5-6H2. The Bertz CT molecular complexity index is 619. The van der Waals surface area contributed by atoms with E-state index in [0.29, 0.717) is 24.4 Å². The van der Waals surface area contributed by atoms with E-state index in [9.17, 15) is 13.2 Å². The predicted molar refractivity (Wildman–Crippen MR) is 57.8 cm³/mol.